The van der Waals surface area contributed by atoms with Crippen LogP contribution in [0.15, 0.2) is 24.3 Å². The average Bonchev–Trinajstić information content (AvgIpc) is 2.43. The van der Waals surface area contributed by atoms with Crippen molar-refractivity contribution in [1.82, 2.24) is 10.6 Å². The van der Waals surface area contributed by atoms with E-state index in [0.717, 1.165) is 11.3 Å². The van der Waals surface area contributed by atoms with Gasteiger partial charge in [0.1, 0.15) is 11.4 Å². The van der Waals surface area contributed by atoms with Crippen molar-refractivity contribution >= 4 is 6.03 Å². The monoisotopic (exact) mass is 282 g/mol. The maximum atomic E-state index is 11.6. The van der Waals surface area contributed by atoms with Gasteiger partial charge in [0.2, 0.25) is 0 Å². The number of rotatable bonds is 7. The Bertz CT molecular complexity index is 418. The number of urea groups is 1. The molecule has 1 atom stereocenters. The van der Waals surface area contributed by atoms with Crippen molar-refractivity contribution in [2.75, 3.05) is 27.4 Å². The van der Waals surface area contributed by atoms with E-state index in [-0.39, 0.29) is 19.2 Å². The highest BCUT2D eigenvalue weighted by Gasteiger charge is 2.20. The molecule has 0 aliphatic heterocycles. The molecule has 20 heavy (non-hydrogen) atoms. The summed E-state index contributed by atoms with van der Waals surface area (Å²) in [6.07, 6.45) is 0. The summed E-state index contributed by atoms with van der Waals surface area (Å²) in [5.41, 5.74) is -0.115. The van der Waals surface area contributed by atoms with Gasteiger partial charge in [-0.25, -0.2) is 4.79 Å². The summed E-state index contributed by atoms with van der Waals surface area (Å²) in [6, 6.07) is 7.08. The molecule has 0 saturated carbocycles. The molecular formula is C14H22N2O4. The summed E-state index contributed by atoms with van der Waals surface area (Å²) in [7, 11) is 3.10. The first kappa shape index (κ1) is 16.3. The van der Waals surface area contributed by atoms with E-state index >= 15 is 0 Å². The van der Waals surface area contributed by atoms with Crippen LogP contribution >= 0.6 is 0 Å². The van der Waals surface area contributed by atoms with Crippen LogP contribution in [0.4, 0.5) is 4.79 Å². The van der Waals surface area contributed by atoms with Crippen molar-refractivity contribution in [1.29, 1.82) is 0 Å². The zero-order valence-corrected chi connectivity index (χ0v) is 12.1. The summed E-state index contributed by atoms with van der Waals surface area (Å²) < 4.78 is 9.91. The first-order valence-corrected chi connectivity index (χ1v) is 6.33. The Morgan fingerprint density at radius 1 is 1.25 bits per heavy atom. The van der Waals surface area contributed by atoms with E-state index in [0.29, 0.717) is 6.54 Å². The SMILES string of the molecule is COCC(C)(O)CNC(=O)NCc1ccc(OC)cc1. The summed E-state index contributed by atoms with van der Waals surface area (Å²) in [5.74, 6) is 0.772. The molecule has 2 amide bonds. The van der Waals surface area contributed by atoms with E-state index in [9.17, 15) is 9.90 Å². The molecule has 0 saturated heterocycles. The zero-order valence-electron chi connectivity index (χ0n) is 12.1. The Hall–Kier alpha value is -1.79. The number of benzene rings is 1. The predicted octanol–water partition coefficient (Wildman–Crippen LogP) is 0.892. The summed E-state index contributed by atoms with van der Waals surface area (Å²) in [4.78, 5) is 11.6. The van der Waals surface area contributed by atoms with Crippen LogP contribution in [0.1, 0.15) is 12.5 Å². The minimum atomic E-state index is -1.08. The highest BCUT2D eigenvalue weighted by atomic mass is 16.5. The molecule has 0 bridgehead atoms. The number of methoxy groups -OCH3 is 2. The average molecular weight is 282 g/mol. The van der Waals surface area contributed by atoms with Crippen molar-refractivity contribution in [3.05, 3.63) is 29.8 Å². The normalized spacial score (nSPS) is 13.4. The molecule has 0 aromatic heterocycles. The van der Waals surface area contributed by atoms with Gasteiger partial charge in [-0.3, -0.25) is 0 Å². The van der Waals surface area contributed by atoms with E-state index in [1.54, 1.807) is 14.0 Å². The summed E-state index contributed by atoms with van der Waals surface area (Å²) >= 11 is 0. The number of carbonyl (C=O) groups is 1. The van der Waals surface area contributed by atoms with Crippen LogP contribution in [0.3, 0.4) is 0 Å². The van der Waals surface area contributed by atoms with Crippen LogP contribution in [0.5, 0.6) is 5.75 Å². The third-order valence-electron chi connectivity index (χ3n) is 2.70. The third-order valence-corrected chi connectivity index (χ3v) is 2.70. The predicted molar refractivity (Wildman–Crippen MR) is 75.7 cm³/mol. The second-order valence-electron chi connectivity index (χ2n) is 4.81. The van der Waals surface area contributed by atoms with Gasteiger partial charge in [-0.15, -0.1) is 0 Å². The van der Waals surface area contributed by atoms with Crippen LogP contribution in [0, 0.1) is 0 Å². The smallest absolute Gasteiger partial charge is 0.315 e. The van der Waals surface area contributed by atoms with Crippen LogP contribution in [0.25, 0.3) is 0 Å². The van der Waals surface area contributed by atoms with Crippen molar-refractivity contribution < 1.29 is 19.4 Å². The fourth-order valence-electron chi connectivity index (χ4n) is 1.62. The lowest BCUT2D eigenvalue weighted by molar-refractivity contribution is -0.0136. The maximum Gasteiger partial charge on any atom is 0.315 e. The molecule has 1 unspecified atom stereocenters. The van der Waals surface area contributed by atoms with Gasteiger partial charge >= 0.3 is 6.03 Å². The molecule has 3 N–H and O–H groups in total. The van der Waals surface area contributed by atoms with Crippen LogP contribution in [-0.2, 0) is 11.3 Å². The molecule has 6 nitrogen and oxygen atoms in total. The Morgan fingerprint density at radius 2 is 1.90 bits per heavy atom. The molecule has 0 radical (unpaired) electrons. The molecule has 6 heteroatoms. The molecule has 1 rings (SSSR count). The minimum Gasteiger partial charge on any atom is -0.497 e. The molecule has 0 fully saturated rings. The van der Waals surface area contributed by atoms with Gasteiger partial charge in [0.05, 0.1) is 20.3 Å². The molecular weight excluding hydrogens is 260 g/mol. The molecule has 1 aromatic rings. The number of aliphatic hydroxyl groups is 1. The Morgan fingerprint density at radius 3 is 2.45 bits per heavy atom. The second kappa shape index (κ2) is 7.72. The van der Waals surface area contributed by atoms with E-state index in [1.165, 1.54) is 7.11 Å². The highest BCUT2D eigenvalue weighted by Crippen LogP contribution is 2.10. The molecule has 0 aliphatic rings. The maximum absolute atomic E-state index is 11.6. The van der Waals surface area contributed by atoms with Crippen molar-refractivity contribution in [2.45, 2.75) is 19.1 Å². The van der Waals surface area contributed by atoms with Crippen molar-refractivity contribution in [3.63, 3.8) is 0 Å². The lowest BCUT2D eigenvalue weighted by atomic mass is 10.1. The number of carbonyl (C=O) groups excluding carboxylic acids is 1. The van der Waals surface area contributed by atoms with Gasteiger partial charge in [-0.1, -0.05) is 12.1 Å². The standard InChI is InChI=1S/C14H22N2O4/c1-14(18,10-19-2)9-16-13(17)15-8-11-4-6-12(20-3)7-5-11/h4-7,18H,8-10H2,1-3H3,(H2,15,16,17). The van der Waals surface area contributed by atoms with E-state index in [2.05, 4.69) is 10.6 Å². The molecule has 0 spiro atoms. The molecule has 1 aromatic carbocycles. The highest BCUT2D eigenvalue weighted by molar-refractivity contribution is 5.73. The summed E-state index contributed by atoms with van der Waals surface area (Å²) in [6.45, 7) is 2.28. The second-order valence-corrected chi connectivity index (χ2v) is 4.81. The number of hydrogen-bond donors (Lipinski definition) is 3. The Balaban J connectivity index is 2.32. The van der Waals surface area contributed by atoms with E-state index in [1.807, 2.05) is 24.3 Å². The first-order valence-electron chi connectivity index (χ1n) is 6.33. The molecule has 0 aliphatic carbocycles. The zero-order chi connectivity index (χ0) is 15.0. The Labute approximate surface area is 119 Å². The topological polar surface area (TPSA) is 79.8 Å². The van der Waals surface area contributed by atoms with Gasteiger partial charge in [0.25, 0.3) is 0 Å². The van der Waals surface area contributed by atoms with Crippen LogP contribution < -0.4 is 15.4 Å². The number of nitrogens with one attached hydrogen (secondary N) is 2. The lowest BCUT2D eigenvalue weighted by Crippen LogP contribution is -2.46. The molecule has 112 valence electrons. The minimum absolute atomic E-state index is 0.120. The fourth-order valence-corrected chi connectivity index (χ4v) is 1.62. The Kier molecular flexibility index (Phi) is 6.27. The van der Waals surface area contributed by atoms with E-state index < -0.39 is 5.60 Å². The first-order chi connectivity index (χ1) is 9.46. The number of ether oxygens (including phenoxy) is 2. The van der Waals surface area contributed by atoms with Gasteiger partial charge in [-0.05, 0) is 24.6 Å². The lowest BCUT2D eigenvalue weighted by Gasteiger charge is -2.22. The van der Waals surface area contributed by atoms with Gasteiger partial charge in [-0.2, -0.15) is 0 Å². The number of hydrogen-bond acceptors (Lipinski definition) is 4. The van der Waals surface area contributed by atoms with Crippen molar-refractivity contribution in [2.24, 2.45) is 0 Å². The third kappa shape index (κ3) is 5.90. The summed E-state index contributed by atoms with van der Waals surface area (Å²) in [5, 5.41) is 15.1. The quantitative estimate of drug-likeness (QED) is 0.694. The van der Waals surface area contributed by atoms with Crippen LogP contribution in [0.2, 0.25) is 0 Å². The van der Waals surface area contributed by atoms with Gasteiger partial charge in [0.15, 0.2) is 0 Å². The van der Waals surface area contributed by atoms with Gasteiger partial charge < -0.3 is 25.2 Å². The number of amides is 2. The fraction of sp³-hybridized carbons (Fsp3) is 0.500. The van der Waals surface area contributed by atoms with Gasteiger partial charge in [0, 0.05) is 13.7 Å². The van der Waals surface area contributed by atoms with Crippen LogP contribution in [-0.4, -0.2) is 44.1 Å². The van der Waals surface area contributed by atoms with E-state index in [4.69, 9.17) is 9.47 Å². The molecule has 0 heterocycles. The largest absolute Gasteiger partial charge is 0.497 e. The van der Waals surface area contributed by atoms with Crippen molar-refractivity contribution in [3.8, 4) is 5.75 Å².